The number of nitrogens with zero attached hydrogens (tertiary/aromatic N) is 4. The van der Waals surface area contributed by atoms with Crippen LogP contribution in [-0.2, 0) is 9.53 Å². The first-order chi connectivity index (χ1) is 18.2. The second kappa shape index (κ2) is 10.3. The number of thiophene rings is 1. The van der Waals surface area contributed by atoms with E-state index in [1.807, 2.05) is 12.1 Å². The van der Waals surface area contributed by atoms with Crippen LogP contribution in [0, 0.1) is 0 Å². The van der Waals surface area contributed by atoms with E-state index in [0.717, 1.165) is 13.0 Å². The van der Waals surface area contributed by atoms with Gasteiger partial charge in [0.15, 0.2) is 0 Å². The number of nitrogens with one attached hydrogen (secondary N) is 1. The van der Waals surface area contributed by atoms with Crippen molar-refractivity contribution in [2.75, 3.05) is 31.5 Å². The highest BCUT2D eigenvalue weighted by Gasteiger charge is 2.56. The van der Waals surface area contributed by atoms with Crippen LogP contribution >= 0.6 is 11.3 Å². The molecule has 3 aliphatic rings. The molecule has 0 bridgehead atoms. The summed E-state index contributed by atoms with van der Waals surface area (Å²) >= 11 is 1.18. The molecule has 3 fully saturated rings. The molecular formula is C26H31N5O6S. The van der Waals surface area contributed by atoms with Gasteiger partial charge in [-0.25, -0.2) is 14.5 Å². The zero-order chi connectivity index (χ0) is 27.0. The van der Waals surface area contributed by atoms with E-state index in [4.69, 9.17) is 4.74 Å². The molecule has 38 heavy (non-hydrogen) atoms. The molecule has 4 amide bonds. The number of carboxylic acid groups (broad SMARTS) is 1. The van der Waals surface area contributed by atoms with Crippen molar-refractivity contribution in [3.63, 3.8) is 0 Å². The normalized spacial score (nSPS) is 22.8. The number of hydrogen-bond acceptors (Lipinski definition) is 8. The van der Waals surface area contributed by atoms with Gasteiger partial charge in [0.2, 0.25) is 5.60 Å². The molecule has 202 valence electrons. The summed E-state index contributed by atoms with van der Waals surface area (Å²) in [5.74, 6) is -0.484. The Labute approximate surface area is 224 Å². The zero-order valence-corrected chi connectivity index (χ0v) is 22.2. The molecule has 11 nitrogen and oxygen atoms in total. The molecule has 0 saturated carbocycles. The minimum Gasteiger partial charge on any atom is -0.465 e. The number of aromatic nitrogens is 1. The van der Waals surface area contributed by atoms with E-state index in [1.165, 1.54) is 16.2 Å². The second-order valence-corrected chi connectivity index (χ2v) is 11.3. The van der Waals surface area contributed by atoms with Crippen LogP contribution in [0.5, 0.6) is 0 Å². The fourth-order valence-electron chi connectivity index (χ4n) is 5.61. The quantitative estimate of drug-likeness (QED) is 0.585. The Kier molecular flexibility index (Phi) is 7.10. The van der Waals surface area contributed by atoms with Crippen molar-refractivity contribution in [3.05, 3.63) is 36.0 Å². The van der Waals surface area contributed by atoms with E-state index in [1.54, 1.807) is 37.1 Å². The van der Waals surface area contributed by atoms with Crippen LogP contribution in [0.15, 0.2) is 30.5 Å². The molecule has 3 aliphatic heterocycles. The first-order valence-corrected chi connectivity index (χ1v) is 13.7. The number of anilines is 1. The first kappa shape index (κ1) is 26.1. The Bertz CT molecular complexity index is 1240. The van der Waals surface area contributed by atoms with E-state index in [9.17, 15) is 24.3 Å². The highest BCUT2D eigenvalue weighted by atomic mass is 32.1. The largest absolute Gasteiger partial charge is 0.465 e. The number of likely N-dealkylation sites (tertiary alicyclic amines) is 2. The third-order valence-electron chi connectivity index (χ3n) is 7.46. The van der Waals surface area contributed by atoms with Gasteiger partial charge in [0, 0.05) is 37.9 Å². The van der Waals surface area contributed by atoms with Gasteiger partial charge in [0.1, 0.15) is 5.00 Å². The summed E-state index contributed by atoms with van der Waals surface area (Å²) in [6.07, 6.45) is 2.53. The van der Waals surface area contributed by atoms with Crippen LogP contribution in [0.25, 0.3) is 10.6 Å². The average Bonchev–Trinajstić information content (AvgIpc) is 3.41. The molecule has 5 heterocycles. The van der Waals surface area contributed by atoms with Gasteiger partial charge < -0.3 is 14.7 Å². The number of amides is 4. The van der Waals surface area contributed by atoms with E-state index in [-0.39, 0.29) is 28.9 Å². The molecule has 1 spiro atoms. The molecule has 5 rings (SSSR count). The molecule has 12 heteroatoms. The van der Waals surface area contributed by atoms with Crippen molar-refractivity contribution < 1.29 is 29.0 Å². The van der Waals surface area contributed by atoms with Gasteiger partial charge in [0.25, 0.3) is 11.8 Å². The highest BCUT2D eigenvalue weighted by molar-refractivity contribution is 7.20. The second-order valence-electron chi connectivity index (χ2n) is 10.2. The van der Waals surface area contributed by atoms with Crippen molar-refractivity contribution in [2.24, 2.45) is 0 Å². The summed E-state index contributed by atoms with van der Waals surface area (Å²) in [5.41, 5.74) is -0.144. The molecule has 0 radical (unpaired) electrons. The lowest BCUT2D eigenvalue weighted by Crippen LogP contribution is -2.58. The topological polar surface area (TPSA) is 132 Å². The number of imide groups is 1. The average molecular weight is 542 g/mol. The summed E-state index contributed by atoms with van der Waals surface area (Å²) in [6.45, 7) is 5.77. The van der Waals surface area contributed by atoms with E-state index in [2.05, 4.69) is 15.2 Å². The fraction of sp³-hybridized carbons (Fsp3) is 0.500. The van der Waals surface area contributed by atoms with Crippen molar-refractivity contribution in [1.29, 1.82) is 0 Å². The van der Waals surface area contributed by atoms with Gasteiger partial charge in [-0.2, -0.15) is 0 Å². The summed E-state index contributed by atoms with van der Waals surface area (Å²) in [6, 6.07) is 7.04. The molecule has 2 N–H and O–H groups in total. The summed E-state index contributed by atoms with van der Waals surface area (Å²) in [5, 5.41) is 11.9. The van der Waals surface area contributed by atoms with Crippen molar-refractivity contribution >= 4 is 40.3 Å². The first-order valence-electron chi connectivity index (χ1n) is 12.8. The van der Waals surface area contributed by atoms with Gasteiger partial charge in [-0.3, -0.25) is 24.8 Å². The minimum absolute atomic E-state index is 0.152. The number of rotatable bonds is 5. The number of carbonyl (C=O) groups excluding carboxylic acids is 3. The maximum Gasteiger partial charge on any atom is 0.418 e. The van der Waals surface area contributed by atoms with Crippen LogP contribution in [-0.4, -0.2) is 92.7 Å². The maximum absolute atomic E-state index is 13.5. The monoisotopic (exact) mass is 541 g/mol. The van der Waals surface area contributed by atoms with E-state index < -0.39 is 17.8 Å². The molecule has 2 aromatic rings. The smallest absolute Gasteiger partial charge is 0.418 e. The Morgan fingerprint density at radius 3 is 2.61 bits per heavy atom. The SMILES string of the molecule is CC(C)N1C(=O)OC2(CCCN(C3CCN(C(=O)c4cc(-c5ccccn5)sc4NC(=O)O)CC3)C2)C1=O. The molecule has 2 aromatic heterocycles. The summed E-state index contributed by atoms with van der Waals surface area (Å²) in [4.78, 5) is 60.6. The lowest BCUT2D eigenvalue weighted by atomic mass is 9.89. The standard InChI is InChI=1S/C26H31N5O6S/c1-16(2)31-23(33)26(37-25(31)36)9-5-11-30(15-26)17-7-12-29(13-8-17)22(32)18-14-20(19-6-3-4-10-27-19)38-21(18)28-24(34)35/h3-4,6,10,14,16-17,28H,5,7-9,11-13,15H2,1-2H3,(H,34,35). The van der Waals surface area contributed by atoms with Crippen molar-refractivity contribution in [2.45, 2.75) is 57.2 Å². The van der Waals surface area contributed by atoms with Crippen molar-refractivity contribution in [1.82, 2.24) is 19.7 Å². The predicted molar refractivity (Wildman–Crippen MR) is 140 cm³/mol. The fourth-order valence-corrected chi connectivity index (χ4v) is 6.63. The Hall–Kier alpha value is -3.51. The van der Waals surface area contributed by atoms with E-state index >= 15 is 0 Å². The predicted octanol–water partition coefficient (Wildman–Crippen LogP) is 3.73. The molecule has 0 aliphatic carbocycles. The summed E-state index contributed by atoms with van der Waals surface area (Å²) in [7, 11) is 0. The zero-order valence-electron chi connectivity index (χ0n) is 21.4. The minimum atomic E-state index is -1.23. The van der Waals surface area contributed by atoms with Gasteiger partial charge in [-0.05, 0) is 64.3 Å². The summed E-state index contributed by atoms with van der Waals surface area (Å²) < 4.78 is 5.67. The number of ether oxygens (including phenoxy) is 1. The Morgan fingerprint density at radius 1 is 1.21 bits per heavy atom. The third-order valence-corrected chi connectivity index (χ3v) is 8.53. The third kappa shape index (κ3) is 4.85. The van der Waals surface area contributed by atoms with Crippen LogP contribution in [0.1, 0.15) is 49.9 Å². The van der Waals surface area contributed by atoms with Gasteiger partial charge in [0.05, 0.1) is 16.1 Å². The van der Waals surface area contributed by atoms with Crippen LogP contribution < -0.4 is 5.32 Å². The van der Waals surface area contributed by atoms with Gasteiger partial charge in [-0.15, -0.1) is 11.3 Å². The molecule has 0 aromatic carbocycles. The Morgan fingerprint density at radius 2 is 1.97 bits per heavy atom. The van der Waals surface area contributed by atoms with Crippen molar-refractivity contribution in [3.8, 4) is 10.6 Å². The van der Waals surface area contributed by atoms with Gasteiger partial charge in [-0.1, -0.05) is 6.07 Å². The number of hydrogen-bond donors (Lipinski definition) is 2. The number of pyridine rings is 1. The number of piperidine rings is 2. The lowest BCUT2D eigenvalue weighted by Gasteiger charge is -2.44. The number of carbonyl (C=O) groups is 4. The van der Waals surface area contributed by atoms with Crippen LogP contribution in [0.3, 0.4) is 0 Å². The van der Waals surface area contributed by atoms with Crippen LogP contribution in [0.4, 0.5) is 14.6 Å². The van der Waals surface area contributed by atoms with Gasteiger partial charge >= 0.3 is 12.2 Å². The lowest BCUT2D eigenvalue weighted by molar-refractivity contribution is -0.143. The van der Waals surface area contributed by atoms with E-state index in [0.29, 0.717) is 55.0 Å². The highest BCUT2D eigenvalue weighted by Crippen LogP contribution is 2.38. The molecular weight excluding hydrogens is 510 g/mol. The maximum atomic E-state index is 13.5. The molecule has 1 atom stereocenters. The molecule has 3 saturated heterocycles. The van der Waals surface area contributed by atoms with Crippen LogP contribution in [0.2, 0.25) is 0 Å². The Balaban J connectivity index is 1.26. The molecule has 1 unspecified atom stereocenters.